The Kier molecular flexibility index (Phi) is 2.07. The molecule has 0 aliphatic rings. The van der Waals surface area contributed by atoms with Crippen molar-refractivity contribution in [2.24, 2.45) is 5.73 Å². The van der Waals surface area contributed by atoms with Gasteiger partial charge < -0.3 is 5.73 Å². The number of rotatable bonds is 1. The highest BCUT2D eigenvalue weighted by Crippen LogP contribution is 2.28. The standard InChI is InChI=1S/C8H5F3N4O/c9-8(10,11)15-3-4(6(12)16)5-7(15)14-2-1-13-5/h1-3H,(H2,12,16). The van der Waals surface area contributed by atoms with E-state index in [0.29, 0.717) is 6.20 Å². The fraction of sp³-hybridized carbons (Fsp3) is 0.125. The number of carbonyl (C=O) groups excluding carboxylic acids is 1. The van der Waals surface area contributed by atoms with Gasteiger partial charge in [-0.1, -0.05) is 0 Å². The van der Waals surface area contributed by atoms with Gasteiger partial charge in [0.25, 0.3) is 5.91 Å². The second-order valence-corrected chi connectivity index (χ2v) is 2.97. The predicted octanol–water partition coefficient (Wildman–Crippen LogP) is 1.01. The molecule has 2 aromatic heterocycles. The molecular weight excluding hydrogens is 225 g/mol. The van der Waals surface area contributed by atoms with Crippen LogP contribution in [-0.4, -0.2) is 20.4 Å². The lowest BCUT2D eigenvalue weighted by atomic mass is 10.3. The third-order valence-electron chi connectivity index (χ3n) is 1.96. The average Bonchev–Trinajstić information content (AvgIpc) is 2.56. The number of nitrogens with two attached hydrogens (primary N) is 1. The van der Waals surface area contributed by atoms with Crippen molar-refractivity contribution in [3.05, 3.63) is 24.2 Å². The molecule has 2 heterocycles. The molecule has 0 spiro atoms. The molecule has 84 valence electrons. The van der Waals surface area contributed by atoms with Crippen LogP contribution in [0.15, 0.2) is 18.6 Å². The molecule has 0 atom stereocenters. The molecular formula is C8H5F3N4O. The van der Waals surface area contributed by atoms with Crippen LogP contribution in [0, 0.1) is 0 Å². The lowest BCUT2D eigenvalue weighted by Gasteiger charge is -2.07. The average molecular weight is 230 g/mol. The van der Waals surface area contributed by atoms with E-state index in [2.05, 4.69) is 9.97 Å². The van der Waals surface area contributed by atoms with Crippen molar-refractivity contribution in [2.75, 3.05) is 0 Å². The van der Waals surface area contributed by atoms with E-state index in [9.17, 15) is 18.0 Å². The number of aromatic nitrogens is 3. The molecule has 0 aliphatic carbocycles. The number of amides is 1. The molecule has 2 aromatic rings. The normalized spacial score (nSPS) is 11.9. The van der Waals surface area contributed by atoms with Crippen LogP contribution in [0.5, 0.6) is 0 Å². The maximum Gasteiger partial charge on any atom is 0.490 e. The van der Waals surface area contributed by atoms with Crippen LogP contribution in [0.2, 0.25) is 0 Å². The monoisotopic (exact) mass is 230 g/mol. The maximum atomic E-state index is 12.5. The van der Waals surface area contributed by atoms with E-state index in [4.69, 9.17) is 5.73 Å². The van der Waals surface area contributed by atoms with Gasteiger partial charge in [-0.15, -0.1) is 13.2 Å². The van der Waals surface area contributed by atoms with E-state index in [1.54, 1.807) is 0 Å². The molecule has 2 rings (SSSR count). The highest BCUT2D eigenvalue weighted by atomic mass is 19.4. The summed E-state index contributed by atoms with van der Waals surface area (Å²) in [7, 11) is 0. The van der Waals surface area contributed by atoms with Gasteiger partial charge in [-0.05, 0) is 0 Å². The fourth-order valence-electron chi connectivity index (χ4n) is 1.32. The first-order valence-corrected chi connectivity index (χ1v) is 4.10. The first kappa shape index (κ1) is 10.4. The van der Waals surface area contributed by atoms with Crippen LogP contribution in [0.1, 0.15) is 10.4 Å². The molecule has 0 unspecified atom stereocenters. The van der Waals surface area contributed by atoms with Crippen molar-refractivity contribution in [3.8, 4) is 0 Å². The molecule has 0 saturated carbocycles. The van der Waals surface area contributed by atoms with Crippen LogP contribution >= 0.6 is 0 Å². The zero-order valence-corrected chi connectivity index (χ0v) is 7.69. The second kappa shape index (κ2) is 3.19. The van der Waals surface area contributed by atoms with Crippen molar-refractivity contribution in [1.82, 2.24) is 14.5 Å². The minimum Gasteiger partial charge on any atom is -0.365 e. The van der Waals surface area contributed by atoms with Gasteiger partial charge in [-0.3, -0.25) is 9.78 Å². The zero-order chi connectivity index (χ0) is 11.9. The van der Waals surface area contributed by atoms with Crippen LogP contribution in [0.25, 0.3) is 11.2 Å². The highest BCUT2D eigenvalue weighted by molar-refractivity contribution is 6.03. The van der Waals surface area contributed by atoms with Crippen LogP contribution < -0.4 is 5.73 Å². The van der Waals surface area contributed by atoms with Crippen molar-refractivity contribution < 1.29 is 18.0 Å². The summed E-state index contributed by atoms with van der Waals surface area (Å²) in [5, 5.41) is 0. The van der Waals surface area contributed by atoms with Gasteiger partial charge in [-0.2, -0.15) is 0 Å². The summed E-state index contributed by atoms with van der Waals surface area (Å²) in [5.74, 6) is -0.978. The number of alkyl halides is 3. The molecule has 5 nitrogen and oxygen atoms in total. The quantitative estimate of drug-likeness (QED) is 0.794. The molecule has 0 radical (unpaired) electrons. The van der Waals surface area contributed by atoms with E-state index >= 15 is 0 Å². The lowest BCUT2D eigenvalue weighted by Crippen LogP contribution is -2.16. The summed E-state index contributed by atoms with van der Waals surface area (Å²) in [4.78, 5) is 18.1. The summed E-state index contributed by atoms with van der Waals surface area (Å²) in [5.41, 5.74) is 4.04. The first-order chi connectivity index (χ1) is 7.41. The molecule has 16 heavy (non-hydrogen) atoms. The molecule has 0 fully saturated rings. The van der Waals surface area contributed by atoms with Gasteiger partial charge in [0.1, 0.15) is 5.52 Å². The topological polar surface area (TPSA) is 73.8 Å². The van der Waals surface area contributed by atoms with Crippen LogP contribution in [0.3, 0.4) is 0 Å². The lowest BCUT2D eigenvalue weighted by molar-refractivity contribution is -0.201. The number of carbonyl (C=O) groups is 1. The summed E-state index contributed by atoms with van der Waals surface area (Å²) in [6, 6.07) is 0. The summed E-state index contributed by atoms with van der Waals surface area (Å²) in [6.07, 6.45) is -1.78. The second-order valence-electron chi connectivity index (χ2n) is 2.97. The van der Waals surface area contributed by atoms with Crippen LogP contribution in [0.4, 0.5) is 13.2 Å². The van der Waals surface area contributed by atoms with Gasteiger partial charge in [0.2, 0.25) is 0 Å². The Balaban J connectivity index is 2.82. The first-order valence-electron chi connectivity index (χ1n) is 4.10. The third-order valence-corrected chi connectivity index (χ3v) is 1.96. The van der Waals surface area contributed by atoms with Gasteiger partial charge >= 0.3 is 6.30 Å². The number of fused-ring (bicyclic) bond motifs is 1. The van der Waals surface area contributed by atoms with E-state index in [-0.39, 0.29) is 15.6 Å². The van der Waals surface area contributed by atoms with Gasteiger partial charge in [-0.25, -0.2) is 9.55 Å². The van der Waals surface area contributed by atoms with E-state index < -0.39 is 17.9 Å². The van der Waals surface area contributed by atoms with Gasteiger partial charge in [0, 0.05) is 18.6 Å². The Bertz CT molecular complexity index is 560. The minimum atomic E-state index is -4.66. The number of hydrogen-bond donors (Lipinski definition) is 1. The Morgan fingerprint density at radius 3 is 2.50 bits per heavy atom. The highest BCUT2D eigenvalue weighted by Gasteiger charge is 2.34. The molecule has 0 aromatic carbocycles. The van der Waals surface area contributed by atoms with E-state index in [0.717, 1.165) is 6.20 Å². The van der Waals surface area contributed by atoms with E-state index in [1.807, 2.05) is 0 Å². The molecule has 0 bridgehead atoms. The number of hydrogen-bond acceptors (Lipinski definition) is 3. The number of primary amides is 1. The van der Waals surface area contributed by atoms with Gasteiger partial charge in [0.15, 0.2) is 5.65 Å². The predicted molar refractivity (Wildman–Crippen MR) is 47.3 cm³/mol. The number of nitrogens with zero attached hydrogens (tertiary/aromatic N) is 3. The van der Waals surface area contributed by atoms with Crippen molar-refractivity contribution in [1.29, 1.82) is 0 Å². The molecule has 8 heteroatoms. The van der Waals surface area contributed by atoms with E-state index in [1.165, 1.54) is 6.20 Å². The summed E-state index contributed by atoms with van der Waals surface area (Å²) < 4.78 is 37.5. The maximum absolute atomic E-state index is 12.5. The van der Waals surface area contributed by atoms with Crippen LogP contribution in [-0.2, 0) is 6.30 Å². The molecule has 0 saturated heterocycles. The van der Waals surface area contributed by atoms with Crippen molar-refractivity contribution >= 4 is 17.1 Å². The van der Waals surface area contributed by atoms with Crippen molar-refractivity contribution in [2.45, 2.75) is 6.30 Å². The minimum absolute atomic E-state index is 0.0879. The molecule has 2 N–H and O–H groups in total. The smallest absolute Gasteiger partial charge is 0.365 e. The number of halogens is 3. The third kappa shape index (κ3) is 1.47. The Morgan fingerprint density at radius 2 is 1.94 bits per heavy atom. The Morgan fingerprint density at radius 1 is 1.31 bits per heavy atom. The van der Waals surface area contributed by atoms with Gasteiger partial charge in [0.05, 0.1) is 5.56 Å². The zero-order valence-electron chi connectivity index (χ0n) is 7.69. The van der Waals surface area contributed by atoms with Crippen molar-refractivity contribution in [3.63, 3.8) is 0 Å². The summed E-state index contributed by atoms with van der Waals surface area (Å²) in [6.45, 7) is 0. The largest absolute Gasteiger partial charge is 0.490 e. The fourth-order valence-corrected chi connectivity index (χ4v) is 1.32. The Hall–Kier alpha value is -2.12. The molecule has 0 aliphatic heterocycles. The summed E-state index contributed by atoms with van der Waals surface area (Å²) >= 11 is 0. The SMILES string of the molecule is NC(=O)c1cn(C(F)(F)F)c2nccnc12. The Labute approximate surface area is 86.7 Å². The molecule has 1 amide bonds.